The van der Waals surface area contributed by atoms with Crippen LogP contribution in [0.5, 0.6) is 5.75 Å². The summed E-state index contributed by atoms with van der Waals surface area (Å²) in [7, 11) is 1.97. The molecule has 3 aromatic carbocycles. The van der Waals surface area contributed by atoms with Gasteiger partial charge in [-0.3, -0.25) is 4.90 Å². The van der Waals surface area contributed by atoms with Gasteiger partial charge >= 0.3 is 0 Å². The van der Waals surface area contributed by atoms with Crippen molar-refractivity contribution in [3.05, 3.63) is 84.2 Å². The van der Waals surface area contributed by atoms with Crippen LogP contribution in [0.2, 0.25) is 0 Å². The Kier molecular flexibility index (Phi) is 6.07. The number of hydrogen-bond donors (Lipinski definition) is 1. The third-order valence-corrected chi connectivity index (χ3v) is 4.80. The van der Waals surface area contributed by atoms with Gasteiger partial charge in [0.05, 0.1) is 0 Å². The molecule has 0 spiro atoms. The van der Waals surface area contributed by atoms with Crippen LogP contribution >= 0.6 is 0 Å². The van der Waals surface area contributed by atoms with Crippen molar-refractivity contribution >= 4 is 11.0 Å². The maximum absolute atomic E-state index is 13.4. The van der Waals surface area contributed by atoms with E-state index in [9.17, 15) is 9.50 Å². The average molecular weight is 406 g/mol. The monoisotopic (exact) mass is 406 g/mol. The van der Waals surface area contributed by atoms with Gasteiger partial charge < -0.3 is 14.4 Å². The highest BCUT2D eigenvalue weighted by Crippen LogP contribution is 2.30. The first-order valence-corrected chi connectivity index (χ1v) is 9.77. The van der Waals surface area contributed by atoms with E-state index in [0.29, 0.717) is 23.6 Å². The number of likely N-dealkylation sites (N-methyl/N-ethyl adjacent to an activating group) is 1. The molecule has 4 rings (SSSR count). The van der Waals surface area contributed by atoms with Crippen LogP contribution in [0, 0.1) is 5.82 Å². The van der Waals surface area contributed by atoms with Crippen molar-refractivity contribution in [1.29, 1.82) is 0 Å². The first-order chi connectivity index (χ1) is 14.6. The minimum atomic E-state index is -0.627. The summed E-state index contributed by atoms with van der Waals surface area (Å²) < 4.78 is 24.4. The summed E-state index contributed by atoms with van der Waals surface area (Å²) in [5.74, 6) is 0.254. The largest absolute Gasteiger partial charge is 0.491 e. The fraction of sp³-hybridized carbons (Fsp3) is 0.208. The maximum Gasteiger partial charge on any atom is 0.170 e. The lowest BCUT2D eigenvalue weighted by Gasteiger charge is -2.21. The number of aliphatic hydroxyl groups is 1. The fourth-order valence-electron chi connectivity index (χ4n) is 3.42. The SMILES string of the molecule is CN(Cc1ccccc1)C[C@@H](O)COc1cccc(-c2noc3cc(F)ccc23)c1. The first-order valence-electron chi connectivity index (χ1n) is 9.77. The molecule has 1 N–H and O–H groups in total. The Labute approximate surface area is 174 Å². The Morgan fingerprint density at radius 2 is 1.90 bits per heavy atom. The number of nitrogens with zero attached hydrogens (tertiary/aromatic N) is 2. The molecular formula is C24H23FN2O3. The summed E-state index contributed by atoms with van der Waals surface area (Å²) in [4.78, 5) is 2.06. The highest BCUT2D eigenvalue weighted by Gasteiger charge is 2.13. The number of rotatable bonds is 8. The number of aromatic nitrogens is 1. The molecule has 0 fully saturated rings. The summed E-state index contributed by atoms with van der Waals surface area (Å²) in [5.41, 5.74) is 3.01. The molecule has 0 saturated heterocycles. The molecule has 0 aliphatic heterocycles. The van der Waals surface area contributed by atoms with Gasteiger partial charge in [-0.25, -0.2) is 4.39 Å². The fourth-order valence-corrected chi connectivity index (χ4v) is 3.42. The zero-order chi connectivity index (χ0) is 20.9. The standard InChI is InChI=1S/C24H23FN2O3/c1-27(14-17-6-3-2-4-7-17)15-20(28)16-29-21-9-5-8-18(12-21)24-22-11-10-19(25)13-23(22)30-26-24/h2-13,20,28H,14-16H2,1H3/t20-/m1/s1. The van der Waals surface area contributed by atoms with E-state index in [0.717, 1.165) is 17.5 Å². The van der Waals surface area contributed by atoms with Gasteiger partial charge in [0.25, 0.3) is 0 Å². The molecule has 0 unspecified atom stereocenters. The molecule has 154 valence electrons. The maximum atomic E-state index is 13.4. The molecule has 0 radical (unpaired) electrons. The van der Waals surface area contributed by atoms with E-state index in [-0.39, 0.29) is 12.4 Å². The van der Waals surface area contributed by atoms with Gasteiger partial charge in [0.2, 0.25) is 0 Å². The highest BCUT2D eigenvalue weighted by molar-refractivity contribution is 5.91. The van der Waals surface area contributed by atoms with Crippen molar-refractivity contribution in [1.82, 2.24) is 10.1 Å². The molecule has 0 amide bonds. The lowest BCUT2D eigenvalue weighted by Crippen LogP contribution is -2.32. The molecule has 30 heavy (non-hydrogen) atoms. The summed E-state index contributed by atoms with van der Waals surface area (Å²) in [6.45, 7) is 1.43. The van der Waals surface area contributed by atoms with Gasteiger partial charge in [-0.05, 0) is 36.9 Å². The molecule has 0 saturated carbocycles. The number of hydrogen-bond acceptors (Lipinski definition) is 5. The summed E-state index contributed by atoms with van der Waals surface area (Å²) >= 11 is 0. The van der Waals surface area contributed by atoms with E-state index in [2.05, 4.69) is 22.2 Å². The van der Waals surface area contributed by atoms with E-state index < -0.39 is 6.10 Å². The average Bonchev–Trinajstić information content (AvgIpc) is 3.16. The quantitative estimate of drug-likeness (QED) is 0.467. The third kappa shape index (κ3) is 4.84. The van der Waals surface area contributed by atoms with Crippen LogP contribution in [0.4, 0.5) is 4.39 Å². The van der Waals surface area contributed by atoms with Crippen molar-refractivity contribution in [3.63, 3.8) is 0 Å². The van der Waals surface area contributed by atoms with Gasteiger partial charge in [0.15, 0.2) is 5.58 Å². The van der Waals surface area contributed by atoms with Crippen LogP contribution in [-0.2, 0) is 6.54 Å². The van der Waals surface area contributed by atoms with Crippen LogP contribution in [0.25, 0.3) is 22.2 Å². The van der Waals surface area contributed by atoms with Crippen molar-refractivity contribution < 1.29 is 18.8 Å². The van der Waals surface area contributed by atoms with E-state index >= 15 is 0 Å². The van der Waals surface area contributed by atoms with Gasteiger partial charge in [0, 0.05) is 30.1 Å². The number of benzene rings is 3. The minimum absolute atomic E-state index is 0.174. The summed E-state index contributed by atoms with van der Waals surface area (Å²) in [6, 6.07) is 21.9. The van der Waals surface area contributed by atoms with Crippen molar-refractivity contribution in [2.75, 3.05) is 20.2 Å². The van der Waals surface area contributed by atoms with E-state index in [1.807, 2.05) is 49.5 Å². The van der Waals surface area contributed by atoms with Gasteiger partial charge in [0.1, 0.15) is 30.0 Å². The smallest absolute Gasteiger partial charge is 0.170 e. The molecule has 0 aliphatic carbocycles. The number of ether oxygens (including phenoxy) is 1. The Bertz CT molecular complexity index is 1110. The van der Waals surface area contributed by atoms with Crippen LogP contribution in [0.1, 0.15) is 5.56 Å². The van der Waals surface area contributed by atoms with Crippen molar-refractivity contribution in [3.8, 4) is 17.0 Å². The van der Waals surface area contributed by atoms with Crippen LogP contribution in [-0.4, -0.2) is 41.5 Å². The van der Waals surface area contributed by atoms with E-state index in [1.165, 1.54) is 17.7 Å². The van der Waals surface area contributed by atoms with E-state index in [1.54, 1.807) is 6.07 Å². The van der Waals surface area contributed by atoms with E-state index in [4.69, 9.17) is 9.26 Å². The van der Waals surface area contributed by atoms with Gasteiger partial charge in [-0.1, -0.05) is 47.6 Å². The van der Waals surface area contributed by atoms with Crippen LogP contribution in [0.3, 0.4) is 0 Å². The number of fused-ring (bicyclic) bond motifs is 1. The normalized spacial score (nSPS) is 12.4. The second kappa shape index (κ2) is 9.07. The summed E-state index contributed by atoms with van der Waals surface area (Å²) in [5, 5.41) is 15.2. The van der Waals surface area contributed by atoms with Crippen LogP contribution < -0.4 is 4.74 Å². The highest BCUT2D eigenvalue weighted by atomic mass is 19.1. The third-order valence-electron chi connectivity index (χ3n) is 4.80. The summed E-state index contributed by atoms with van der Waals surface area (Å²) in [6.07, 6.45) is -0.627. The van der Waals surface area contributed by atoms with Crippen molar-refractivity contribution in [2.45, 2.75) is 12.6 Å². The molecule has 6 heteroatoms. The van der Waals surface area contributed by atoms with Crippen LogP contribution in [0.15, 0.2) is 77.3 Å². The molecule has 4 aromatic rings. The molecule has 5 nitrogen and oxygen atoms in total. The van der Waals surface area contributed by atoms with Gasteiger partial charge in [-0.15, -0.1) is 0 Å². The Hall–Kier alpha value is -3.22. The molecule has 0 aliphatic rings. The Morgan fingerprint density at radius 3 is 2.73 bits per heavy atom. The molecule has 0 bridgehead atoms. The topological polar surface area (TPSA) is 58.7 Å². The lowest BCUT2D eigenvalue weighted by molar-refractivity contribution is 0.0744. The number of aliphatic hydroxyl groups excluding tert-OH is 1. The molecule has 1 heterocycles. The Balaban J connectivity index is 1.37. The number of halogens is 1. The predicted octanol–water partition coefficient (Wildman–Crippen LogP) is 4.51. The second-order valence-corrected chi connectivity index (χ2v) is 7.35. The first kappa shape index (κ1) is 20.1. The van der Waals surface area contributed by atoms with Crippen molar-refractivity contribution in [2.24, 2.45) is 0 Å². The molecular weight excluding hydrogens is 383 g/mol. The second-order valence-electron chi connectivity index (χ2n) is 7.35. The molecule has 1 aromatic heterocycles. The minimum Gasteiger partial charge on any atom is -0.491 e. The zero-order valence-corrected chi connectivity index (χ0v) is 16.7. The predicted molar refractivity (Wildman–Crippen MR) is 114 cm³/mol. The van der Waals surface area contributed by atoms with Gasteiger partial charge in [-0.2, -0.15) is 0 Å². The Morgan fingerprint density at radius 1 is 1.07 bits per heavy atom. The molecule has 1 atom stereocenters. The lowest BCUT2D eigenvalue weighted by atomic mass is 10.1. The zero-order valence-electron chi connectivity index (χ0n) is 16.7.